The normalized spacial score (nSPS) is 10.3. The number of hydrogen-bond donors (Lipinski definition) is 1. The molecule has 0 atom stereocenters. The summed E-state index contributed by atoms with van der Waals surface area (Å²) in [6, 6.07) is 3.98. The molecule has 2 N–H and O–H groups in total. The van der Waals surface area contributed by atoms with Crippen molar-refractivity contribution >= 4 is 22.0 Å². The van der Waals surface area contributed by atoms with Crippen LogP contribution in [0.3, 0.4) is 0 Å². The highest BCUT2D eigenvalue weighted by Crippen LogP contribution is 2.30. The van der Waals surface area contributed by atoms with Crippen LogP contribution in [0.4, 0.5) is 10.7 Å². The van der Waals surface area contributed by atoms with Crippen molar-refractivity contribution in [2.75, 3.05) is 24.2 Å². The Morgan fingerprint density at radius 1 is 1.60 bits per heavy atom. The molecule has 0 spiro atoms. The van der Waals surface area contributed by atoms with Crippen LogP contribution < -0.4 is 10.6 Å². The van der Waals surface area contributed by atoms with E-state index in [1.165, 1.54) is 11.3 Å². The first-order valence-electron chi connectivity index (χ1n) is 5.05. The van der Waals surface area contributed by atoms with Crippen LogP contribution in [0, 0.1) is 17.2 Å². The number of hydrogen-bond acceptors (Lipinski definition) is 4. The molecule has 0 fully saturated rings. The van der Waals surface area contributed by atoms with Crippen molar-refractivity contribution in [3.8, 4) is 6.07 Å². The van der Waals surface area contributed by atoms with Crippen molar-refractivity contribution in [2.45, 2.75) is 20.3 Å². The molecule has 15 heavy (non-hydrogen) atoms. The minimum Gasteiger partial charge on any atom is -0.397 e. The van der Waals surface area contributed by atoms with Crippen molar-refractivity contribution in [2.24, 2.45) is 5.92 Å². The summed E-state index contributed by atoms with van der Waals surface area (Å²) in [5, 5.41) is 9.87. The van der Waals surface area contributed by atoms with E-state index in [4.69, 9.17) is 11.0 Å². The highest BCUT2D eigenvalue weighted by atomic mass is 32.1. The Hall–Kier alpha value is -1.21. The molecule has 0 saturated heterocycles. The van der Waals surface area contributed by atoms with Crippen molar-refractivity contribution in [1.29, 1.82) is 5.26 Å². The molecule has 4 heteroatoms. The minimum absolute atomic E-state index is 0.592. The van der Waals surface area contributed by atoms with Gasteiger partial charge in [0.2, 0.25) is 0 Å². The second-order valence-corrected chi connectivity index (χ2v) is 5.12. The van der Waals surface area contributed by atoms with Gasteiger partial charge in [-0.05, 0) is 18.4 Å². The van der Waals surface area contributed by atoms with Crippen LogP contribution in [-0.2, 0) is 0 Å². The molecule has 3 nitrogen and oxygen atoms in total. The number of rotatable bonds is 4. The highest BCUT2D eigenvalue weighted by Gasteiger charge is 2.09. The molecule has 0 bridgehead atoms. The Labute approximate surface area is 95.1 Å². The summed E-state index contributed by atoms with van der Waals surface area (Å²) in [6.07, 6.45) is 1.15. The zero-order valence-electron chi connectivity index (χ0n) is 9.45. The van der Waals surface area contributed by atoms with Crippen LogP contribution in [0.1, 0.15) is 25.1 Å². The van der Waals surface area contributed by atoms with E-state index in [0.717, 1.165) is 18.0 Å². The molecule has 1 aromatic rings. The van der Waals surface area contributed by atoms with Crippen LogP contribution in [0.5, 0.6) is 0 Å². The van der Waals surface area contributed by atoms with E-state index in [9.17, 15) is 0 Å². The van der Waals surface area contributed by atoms with Crippen LogP contribution in [0.15, 0.2) is 6.07 Å². The number of nitrogen functional groups attached to an aromatic ring is 1. The van der Waals surface area contributed by atoms with Gasteiger partial charge in [-0.15, -0.1) is 11.3 Å². The summed E-state index contributed by atoms with van der Waals surface area (Å²) in [6.45, 7) is 5.41. The van der Waals surface area contributed by atoms with Gasteiger partial charge in [-0.2, -0.15) is 5.26 Å². The predicted octanol–water partition coefficient (Wildman–Crippen LogP) is 2.68. The number of anilines is 2. The summed E-state index contributed by atoms with van der Waals surface area (Å²) in [7, 11) is 2.04. The fraction of sp³-hybridized carbons (Fsp3) is 0.545. The standard InChI is InChI=1S/C11H17N3S/c1-8(2)4-5-14(3)11-6-9(13)10(7-12)15-11/h6,8H,4-5,13H2,1-3H3. The SMILES string of the molecule is CC(C)CCN(C)c1cc(N)c(C#N)s1. The zero-order valence-corrected chi connectivity index (χ0v) is 10.3. The van der Waals surface area contributed by atoms with Gasteiger partial charge in [-0.1, -0.05) is 13.8 Å². The summed E-state index contributed by atoms with van der Waals surface area (Å²) >= 11 is 1.46. The lowest BCUT2D eigenvalue weighted by Gasteiger charge is -2.17. The number of nitrogens with two attached hydrogens (primary N) is 1. The van der Waals surface area contributed by atoms with Crippen molar-refractivity contribution in [3.63, 3.8) is 0 Å². The molecular formula is C11H17N3S. The lowest BCUT2D eigenvalue weighted by atomic mass is 10.1. The maximum Gasteiger partial charge on any atom is 0.129 e. The Bertz CT molecular complexity index is 362. The summed E-state index contributed by atoms with van der Waals surface area (Å²) in [5.74, 6) is 0.695. The van der Waals surface area contributed by atoms with Crippen LogP contribution in [0.25, 0.3) is 0 Å². The Balaban J connectivity index is 2.66. The third-order valence-electron chi connectivity index (χ3n) is 2.27. The first kappa shape index (κ1) is 11.9. The van der Waals surface area contributed by atoms with Crippen LogP contribution in [-0.4, -0.2) is 13.6 Å². The quantitative estimate of drug-likeness (QED) is 0.853. The van der Waals surface area contributed by atoms with E-state index >= 15 is 0 Å². The molecule has 0 aliphatic rings. The molecule has 1 aromatic heterocycles. The van der Waals surface area contributed by atoms with Gasteiger partial charge in [0, 0.05) is 13.6 Å². The molecule has 0 aliphatic heterocycles. The molecule has 0 amide bonds. The van der Waals surface area contributed by atoms with Crippen molar-refractivity contribution in [1.82, 2.24) is 0 Å². The molecular weight excluding hydrogens is 206 g/mol. The largest absolute Gasteiger partial charge is 0.397 e. The summed E-state index contributed by atoms with van der Waals surface area (Å²) < 4.78 is 0. The molecule has 0 radical (unpaired) electrons. The molecule has 0 aromatic carbocycles. The van der Waals surface area contributed by atoms with Crippen LogP contribution >= 0.6 is 11.3 Å². The zero-order chi connectivity index (χ0) is 11.4. The van der Waals surface area contributed by atoms with E-state index in [-0.39, 0.29) is 0 Å². The topological polar surface area (TPSA) is 53.0 Å². The number of nitriles is 1. The second kappa shape index (κ2) is 5.04. The van der Waals surface area contributed by atoms with Gasteiger partial charge in [0.25, 0.3) is 0 Å². The van der Waals surface area contributed by atoms with Gasteiger partial charge in [0.1, 0.15) is 10.9 Å². The average molecular weight is 223 g/mol. The number of thiophene rings is 1. The lowest BCUT2D eigenvalue weighted by Crippen LogP contribution is -2.18. The first-order valence-corrected chi connectivity index (χ1v) is 5.86. The van der Waals surface area contributed by atoms with Gasteiger partial charge >= 0.3 is 0 Å². The molecule has 0 aliphatic carbocycles. The molecule has 0 saturated carbocycles. The maximum atomic E-state index is 8.79. The molecule has 0 unspecified atom stereocenters. The third-order valence-corrected chi connectivity index (χ3v) is 3.44. The van der Waals surface area contributed by atoms with Gasteiger partial charge in [0.15, 0.2) is 0 Å². The highest BCUT2D eigenvalue weighted by molar-refractivity contribution is 7.17. The minimum atomic E-state index is 0.592. The average Bonchev–Trinajstić information content (AvgIpc) is 2.56. The molecule has 1 rings (SSSR count). The van der Waals surface area contributed by atoms with Gasteiger partial charge in [-0.3, -0.25) is 0 Å². The Kier molecular flexibility index (Phi) is 3.98. The van der Waals surface area contributed by atoms with Gasteiger partial charge in [-0.25, -0.2) is 0 Å². The summed E-state index contributed by atoms with van der Waals surface area (Å²) in [5.41, 5.74) is 6.30. The van der Waals surface area contributed by atoms with Gasteiger partial charge in [0.05, 0.1) is 10.7 Å². The Morgan fingerprint density at radius 3 is 2.73 bits per heavy atom. The predicted molar refractivity (Wildman–Crippen MR) is 66.2 cm³/mol. The van der Waals surface area contributed by atoms with E-state index in [1.807, 2.05) is 13.1 Å². The smallest absolute Gasteiger partial charge is 0.129 e. The molecule has 82 valence electrons. The van der Waals surface area contributed by atoms with E-state index < -0.39 is 0 Å². The third kappa shape index (κ3) is 3.14. The lowest BCUT2D eigenvalue weighted by molar-refractivity contribution is 0.586. The van der Waals surface area contributed by atoms with E-state index in [0.29, 0.717) is 16.5 Å². The van der Waals surface area contributed by atoms with Gasteiger partial charge < -0.3 is 10.6 Å². The van der Waals surface area contributed by atoms with Crippen LogP contribution in [0.2, 0.25) is 0 Å². The van der Waals surface area contributed by atoms with Crippen molar-refractivity contribution in [3.05, 3.63) is 10.9 Å². The monoisotopic (exact) mass is 223 g/mol. The van der Waals surface area contributed by atoms with Crippen molar-refractivity contribution < 1.29 is 0 Å². The van der Waals surface area contributed by atoms with E-state index in [2.05, 4.69) is 24.8 Å². The first-order chi connectivity index (χ1) is 7.04. The summed E-state index contributed by atoms with van der Waals surface area (Å²) in [4.78, 5) is 2.77. The van der Waals surface area contributed by atoms with E-state index in [1.54, 1.807) is 0 Å². The second-order valence-electron chi connectivity index (χ2n) is 4.08. The molecule has 1 heterocycles. The fourth-order valence-electron chi connectivity index (χ4n) is 1.23. The fourth-order valence-corrected chi connectivity index (χ4v) is 2.09. The Morgan fingerprint density at radius 2 is 2.27 bits per heavy atom. The maximum absolute atomic E-state index is 8.79. The number of nitrogens with zero attached hydrogens (tertiary/aromatic N) is 2.